The Balaban J connectivity index is 2.78. The molecule has 0 aliphatic carbocycles. The number of nitrogens with two attached hydrogens (primary N) is 1. The topological polar surface area (TPSA) is 52.3 Å². The van der Waals surface area contributed by atoms with Gasteiger partial charge in [-0.15, -0.1) is 0 Å². The van der Waals surface area contributed by atoms with E-state index in [0.717, 1.165) is 0 Å². The third-order valence-corrected chi connectivity index (χ3v) is 2.86. The second-order valence-electron chi connectivity index (χ2n) is 3.51. The molecule has 0 aromatic heterocycles. The Labute approximate surface area is 106 Å². The molecular weight excluding hydrogens is 267 g/mol. The van der Waals surface area contributed by atoms with Gasteiger partial charge in [0.15, 0.2) is 0 Å². The van der Waals surface area contributed by atoms with Gasteiger partial charge in [-0.1, -0.05) is 12.1 Å². The quantitative estimate of drug-likeness (QED) is 0.680. The summed E-state index contributed by atoms with van der Waals surface area (Å²) in [6, 6.07) is 5.04. The van der Waals surface area contributed by atoms with Crippen LogP contribution in [0.3, 0.4) is 0 Å². The fourth-order valence-electron chi connectivity index (χ4n) is 1.32. The standard InChI is InChI=1S/C11H12F3NO2S/c1-17-10(16)6-9(15)7-3-2-4-8(5-7)18-11(12,13)14/h2-5,9H,6,15H2,1H3. The van der Waals surface area contributed by atoms with E-state index in [1.165, 1.54) is 25.3 Å². The molecule has 0 heterocycles. The Morgan fingerprint density at radius 1 is 1.50 bits per heavy atom. The number of halogens is 3. The number of hydrogen-bond donors (Lipinski definition) is 1. The van der Waals surface area contributed by atoms with E-state index in [1.54, 1.807) is 6.07 Å². The average molecular weight is 279 g/mol. The number of hydrogen-bond acceptors (Lipinski definition) is 4. The number of alkyl halides is 3. The maximum atomic E-state index is 12.2. The third-order valence-electron chi connectivity index (χ3n) is 2.13. The first-order valence-corrected chi connectivity index (χ1v) is 5.81. The predicted molar refractivity (Wildman–Crippen MR) is 61.9 cm³/mol. The number of thioether (sulfide) groups is 1. The maximum Gasteiger partial charge on any atom is 0.446 e. The normalized spacial score (nSPS) is 13.2. The summed E-state index contributed by atoms with van der Waals surface area (Å²) in [5.74, 6) is -0.503. The molecule has 0 spiro atoms. The van der Waals surface area contributed by atoms with E-state index in [-0.39, 0.29) is 23.1 Å². The number of esters is 1. The summed E-state index contributed by atoms with van der Waals surface area (Å²) >= 11 is -0.215. The van der Waals surface area contributed by atoms with Crippen LogP contribution >= 0.6 is 11.8 Å². The molecule has 2 N–H and O–H groups in total. The minimum Gasteiger partial charge on any atom is -0.469 e. The van der Waals surface area contributed by atoms with Gasteiger partial charge in [-0.3, -0.25) is 4.79 Å². The van der Waals surface area contributed by atoms with Crippen LogP contribution in [-0.2, 0) is 9.53 Å². The van der Waals surface area contributed by atoms with Crippen molar-refractivity contribution in [2.24, 2.45) is 5.73 Å². The van der Waals surface area contributed by atoms with Crippen LogP contribution in [0, 0.1) is 0 Å². The molecule has 7 heteroatoms. The molecule has 100 valence electrons. The molecule has 1 unspecified atom stereocenters. The largest absolute Gasteiger partial charge is 0.469 e. The van der Waals surface area contributed by atoms with Crippen molar-refractivity contribution in [3.8, 4) is 0 Å². The number of benzene rings is 1. The SMILES string of the molecule is COC(=O)CC(N)c1cccc(SC(F)(F)F)c1. The second kappa shape index (κ2) is 6.10. The van der Waals surface area contributed by atoms with Crippen molar-refractivity contribution < 1.29 is 22.7 Å². The summed E-state index contributed by atoms with van der Waals surface area (Å²) in [6.45, 7) is 0. The maximum absolute atomic E-state index is 12.2. The predicted octanol–water partition coefficient (Wildman–Crippen LogP) is 2.86. The van der Waals surface area contributed by atoms with Crippen LogP contribution in [0.4, 0.5) is 13.2 Å². The summed E-state index contributed by atoms with van der Waals surface area (Å²) in [5, 5.41) is 0. The zero-order valence-electron chi connectivity index (χ0n) is 9.53. The summed E-state index contributed by atoms with van der Waals surface area (Å²) < 4.78 is 41.0. The van der Waals surface area contributed by atoms with E-state index in [9.17, 15) is 18.0 Å². The van der Waals surface area contributed by atoms with Crippen LogP contribution in [0.5, 0.6) is 0 Å². The zero-order valence-corrected chi connectivity index (χ0v) is 10.3. The minimum atomic E-state index is -4.34. The first-order valence-electron chi connectivity index (χ1n) is 5.00. The highest BCUT2D eigenvalue weighted by Gasteiger charge is 2.29. The molecule has 1 aromatic carbocycles. The number of carbonyl (C=O) groups excluding carboxylic acids is 1. The van der Waals surface area contributed by atoms with Gasteiger partial charge in [-0.25, -0.2) is 0 Å². The minimum absolute atomic E-state index is 0.0420. The molecule has 0 saturated heterocycles. The Morgan fingerprint density at radius 2 is 2.17 bits per heavy atom. The molecule has 1 rings (SSSR count). The van der Waals surface area contributed by atoms with Crippen molar-refractivity contribution in [3.63, 3.8) is 0 Å². The second-order valence-corrected chi connectivity index (χ2v) is 4.65. The fraction of sp³-hybridized carbons (Fsp3) is 0.364. The number of methoxy groups -OCH3 is 1. The Hall–Kier alpha value is -1.21. The van der Waals surface area contributed by atoms with Crippen molar-refractivity contribution in [2.75, 3.05) is 7.11 Å². The Morgan fingerprint density at radius 3 is 2.72 bits per heavy atom. The van der Waals surface area contributed by atoms with Gasteiger partial charge in [0.25, 0.3) is 0 Å². The first-order chi connectivity index (χ1) is 8.31. The van der Waals surface area contributed by atoms with Crippen LogP contribution in [0.15, 0.2) is 29.2 Å². The summed E-state index contributed by atoms with van der Waals surface area (Å²) in [5.41, 5.74) is 1.84. The zero-order chi connectivity index (χ0) is 13.8. The average Bonchev–Trinajstić information content (AvgIpc) is 2.26. The van der Waals surface area contributed by atoms with Gasteiger partial charge in [0, 0.05) is 10.9 Å². The monoisotopic (exact) mass is 279 g/mol. The van der Waals surface area contributed by atoms with Crippen molar-refractivity contribution in [1.29, 1.82) is 0 Å². The van der Waals surface area contributed by atoms with Crippen LogP contribution in [-0.4, -0.2) is 18.6 Å². The highest BCUT2D eigenvalue weighted by atomic mass is 32.2. The van der Waals surface area contributed by atoms with Gasteiger partial charge in [0.05, 0.1) is 13.5 Å². The molecular formula is C11H12F3NO2S. The summed E-state index contributed by atoms with van der Waals surface area (Å²) in [4.78, 5) is 11.1. The third kappa shape index (κ3) is 4.97. The van der Waals surface area contributed by atoms with E-state index >= 15 is 0 Å². The molecule has 18 heavy (non-hydrogen) atoms. The van der Waals surface area contributed by atoms with E-state index in [0.29, 0.717) is 5.56 Å². The van der Waals surface area contributed by atoms with Crippen molar-refractivity contribution in [2.45, 2.75) is 22.9 Å². The summed E-state index contributed by atoms with van der Waals surface area (Å²) in [6.07, 6.45) is -0.0728. The van der Waals surface area contributed by atoms with Crippen LogP contribution < -0.4 is 5.73 Å². The van der Waals surface area contributed by atoms with Crippen LogP contribution in [0.1, 0.15) is 18.0 Å². The van der Waals surface area contributed by atoms with Crippen LogP contribution in [0.2, 0.25) is 0 Å². The smallest absolute Gasteiger partial charge is 0.446 e. The van der Waals surface area contributed by atoms with Gasteiger partial charge >= 0.3 is 11.5 Å². The lowest BCUT2D eigenvalue weighted by Gasteiger charge is -2.12. The molecule has 1 aromatic rings. The van der Waals surface area contributed by atoms with Gasteiger partial charge < -0.3 is 10.5 Å². The molecule has 0 aliphatic heterocycles. The lowest BCUT2D eigenvalue weighted by atomic mass is 10.1. The molecule has 0 bridgehead atoms. The molecule has 0 fully saturated rings. The van der Waals surface area contributed by atoms with Crippen molar-refractivity contribution in [3.05, 3.63) is 29.8 Å². The lowest BCUT2D eigenvalue weighted by molar-refractivity contribution is -0.141. The number of carbonyl (C=O) groups is 1. The number of rotatable bonds is 4. The highest BCUT2D eigenvalue weighted by molar-refractivity contribution is 8.00. The molecule has 1 atom stereocenters. The first kappa shape index (κ1) is 14.8. The van der Waals surface area contributed by atoms with Crippen molar-refractivity contribution >= 4 is 17.7 Å². The van der Waals surface area contributed by atoms with E-state index in [2.05, 4.69) is 4.74 Å². The van der Waals surface area contributed by atoms with Gasteiger partial charge in [0.1, 0.15) is 0 Å². The fourth-order valence-corrected chi connectivity index (χ4v) is 1.93. The van der Waals surface area contributed by atoms with Crippen LogP contribution in [0.25, 0.3) is 0 Å². The van der Waals surface area contributed by atoms with E-state index < -0.39 is 17.5 Å². The summed E-state index contributed by atoms with van der Waals surface area (Å²) in [7, 11) is 1.23. The van der Waals surface area contributed by atoms with Gasteiger partial charge in [0.2, 0.25) is 0 Å². The Bertz CT molecular complexity index is 423. The molecule has 0 saturated carbocycles. The Kier molecular flexibility index (Phi) is 5.03. The van der Waals surface area contributed by atoms with Gasteiger partial charge in [-0.05, 0) is 29.5 Å². The number of ether oxygens (including phenoxy) is 1. The molecule has 0 radical (unpaired) electrons. The van der Waals surface area contributed by atoms with Crippen molar-refractivity contribution in [1.82, 2.24) is 0 Å². The highest BCUT2D eigenvalue weighted by Crippen LogP contribution is 2.37. The molecule has 3 nitrogen and oxygen atoms in total. The van der Waals surface area contributed by atoms with E-state index in [4.69, 9.17) is 5.73 Å². The lowest BCUT2D eigenvalue weighted by Crippen LogP contribution is -2.16. The van der Waals surface area contributed by atoms with E-state index in [1.807, 2.05) is 0 Å². The van der Waals surface area contributed by atoms with Gasteiger partial charge in [-0.2, -0.15) is 13.2 Å². The molecule has 0 amide bonds. The molecule has 0 aliphatic rings.